The Morgan fingerprint density at radius 3 is 2.93 bits per heavy atom. The van der Waals surface area contributed by atoms with Crippen molar-refractivity contribution in [1.82, 2.24) is 0 Å². The smallest absolute Gasteiger partial charge is 0.345 e. The molecule has 82 valence electrons. The van der Waals surface area contributed by atoms with Gasteiger partial charge in [-0.2, -0.15) is 0 Å². The average Bonchev–Trinajstić information content (AvgIpc) is 2.66. The molecule has 0 aliphatic heterocycles. The van der Waals surface area contributed by atoms with E-state index in [1.165, 1.54) is 11.3 Å². The highest BCUT2D eigenvalue weighted by Gasteiger charge is 2.10. The number of rotatable bonds is 6. The van der Waals surface area contributed by atoms with Gasteiger partial charge >= 0.3 is 5.97 Å². The van der Waals surface area contributed by atoms with Crippen LogP contribution in [0.4, 0.5) is 5.69 Å². The third-order valence-electron chi connectivity index (χ3n) is 2.00. The number of carboxylic acid groups (broad SMARTS) is 1. The predicted octanol–water partition coefficient (Wildman–Crippen LogP) is 2.85. The molecule has 1 heterocycles. The fourth-order valence-corrected chi connectivity index (χ4v) is 2.11. The number of nitrogens with zero attached hydrogens (tertiary/aromatic N) is 1. The second-order valence-corrected chi connectivity index (χ2v) is 4.12. The van der Waals surface area contributed by atoms with Crippen molar-refractivity contribution in [2.24, 2.45) is 0 Å². The van der Waals surface area contributed by atoms with E-state index < -0.39 is 5.97 Å². The van der Waals surface area contributed by atoms with E-state index in [2.05, 4.69) is 18.4 Å². The minimum Gasteiger partial charge on any atom is -0.477 e. The van der Waals surface area contributed by atoms with Gasteiger partial charge < -0.3 is 10.0 Å². The third-order valence-corrected chi connectivity index (χ3v) is 2.91. The van der Waals surface area contributed by atoms with Crippen molar-refractivity contribution in [2.75, 3.05) is 18.0 Å². The van der Waals surface area contributed by atoms with E-state index in [0.29, 0.717) is 4.88 Å². The molecule has 0 atom stereocenters. The van der Waals surface area contributed by atoms with E-state index in [0.717, 1.165) is 25.2 Å². The predicted molar refractivity (Wildman–Crippen MR) is 64.0 cm³/mol. The van der Waals surface area contributed by atoms with Crippen LogP contribution < -0.4 is 4.90 Å². The lowest BCUT2D eigenvalue weighted by Gasteiger charge is -2.20. The highest BCUT2D eigenvalue weighted by molar-refractivity contribution is 7.12. The molecule has 1 aromatic heterocycles. The van der Waals surface area contributed by atoms with Gasteiger partial charge in [0.05, 0.1) is 0 Å². The molecule has 0 spiro atoms. The van der Waals surface area contributed by atoms with Gasteiger partial charge in [0.15, 0.2) is 0 Å². The fourth-order valence-electron chi connectivity index (χ4n) is 1.36. The molecule has 1 rings (SSSR count). The molecule has 4 heteroatoms. The quantitative estimate of drug-likeness (QED) is 0.757. The Morgan fingerprint density at radius 2 is 2.47 bits per heavy atom. The number of hydrogen-bond acceptors (Lipinski definition) is 3. The topological polar surface area (TPSA) is 40.5 Å². The summed E-state index contributed by atoms with van der Waals surface area (Å²) in [6.07, 6.45) is 2.86. The first-order valence-electron chi connectivity index (χ1n) is 4.86. The Morgan fingerprint density at radius 1 is 1.73 bits per heavy atom. The lowest BCUT2D eigenvalue weighted by molar-refractivity contribution is 0.0702. The molecular weight excluding hydrogens is 210 g/mol. The van der Waals surface area contributed by atoms with Crippen molar-refractivity contribution in [3.8, 4) is 0 Å². The van der Waals surface area contributed by atoms with Gasteiger partial charge in [0.1, 0.15) is 4.88 Å². The van der Waals surface area contributed by atoms with E-state index in [9.17, 15) is 4.79 Å². The van der Waals surface area contributed by atoms with E-state index in [-0.39, 0.29) is 0 Å². The van der Waals surface area contributed by atoms with E-state index in [4.69, 9.17) is 5.11 Å². The Balaban J connectivity index is 2.80. The molecular formula is C11H15NO2S. The van der Waals surface area contributed by atoms with Crippen LogP contribution in [-0.4, -0.2) is 24.2 Å². The van der Waals surface area contributed by atoms with Gasteiger partial charge in [0.25, 0.3) is 0 Å². The first-order valence-corrected chi connectivity index (χ1v) is 5.74. The van der Waals surface area contributed by atoms with Crippen molar-refractivity contribution >= 4 is 23.0 Å². The maximum absolute atomic E-state index is 10.7. The van der Waals surface area contributed by atoms with Gasteiger partial charge in [-0.15, -0.1) is 17.9 Å². The summed E-state index contributed by atoms with van der Waals surface area (Å²) in [7, 11) is 0. The van der Waals surface area contributed by atoms with Gasteiger partial charge in [-0.25, -0.2) is 4.79 Å². The zero-order chi connectivity index (χ0) is 11.3. The molecule has 0 bridgehead atoms. The molecule has 3 nitrogen and oxygen atoms in total. The van der Waals surface area contributed by atoms with Crippen molar-refractivity contribution in [3.63, 3.8) is 0 Å². The van der Waals surface area contributed by atoms with Crippen LogP contribution in [0.5, 0.6) is 0 Å². The Labute approximate surface area is 93.7 Å². The Hall–Kier alpha value is -1.29. The van der Waals surface area contributed by atoms with Gasteiger partial charge in [-0.05, 0) is 12.5 Å². The number of anilines is 1. The van der Waals surface area contributed by atoms with Gasteiger partial charge in [-0.3, -0.25) is 0 Å². The zero-order valence-corrected chi connectivity index (χ0v) is 9.59. The van der Waals surface area contributed by atoms with Crippen molar-refractivity contribution in [2.45, 2.75) is 13.3 Å². The van der Waals surface area contributed by atoms with Crippen molar-refractivity contribution in [1.29, 1.82) is 0 Å². The summed E-state index contributed by atoms with van der Waals surface area (Å²) in [5.41, 5.74) is 0.971. The zero-order valence-electron chi connectivity index (χ0n) is 8.77. The second kappa shape index (κ2) is 5.56. The molecule has 0 unspecified atom stereocenters. The number of aromatic carboxylic acids is 1. The maximum atomic E-state index is 10.7. The summed E-state index contributed by atoms with van der Waals surface area (Å²) in [5, 5.41) is 10.7. The molecule has 15 heavy (non-hydrogen) atoms. The Kier molecular flexibility index (Phi) is 4.37. The summed E-state index contributed by atoms with van der Waals surface area (Å²) in [4.78, 5) is 13.2. The minimum atomic E-state index is -0.860. The Bertz CT molecular complexity index is 346. The first-order chi connectivity index (χ1) is 7.19. The number of carboxylic acids is 1. The third kappa shape index (κ3) is 3.09. The van der Waals surface area contributed by atoms with Gasteiger partial charge in [0, 0.05) is 24.2 Å². The lowest BCUT2D eigenvalue weighted by Crippen LogP contribution is -2.23. The molecule has 1 aromatic rings. The van der Waals surface area contributed by atoms with Crippen LogP contribution in [0, 0.1) is 0 Å². The van der Waals surface area contributed by atoms with Crippen LogP contribution in [0.25, 0.3) is 0 Å². The fraction of sp³-hybridized carbons (Fsp3) is 0.364. The molecule has 0 radical (unpaired) electrons. The highest BCUT2D eigenvalue weighted by Crippen LogP contribution is 2.23. The molecule has 0 aromatic carbocycles. The van der Waals surface area contributed by atoms with Crippen LogP contribution >= 0.6 is 11.3 Å². The van der Waals surface area contributed by atoms with E-state index >= 15 is 0 Å². The minimum absolute atomic E-state index is 0.384. The highest BCUT2D eigenvalue weighted by atomic mass is 32.1. The molecule has 0 aliphatic rings. The molecule has 0 aliphatic carbocycles. The van der Waals surface area contributed by atoms with Crippen molar-refractivity contribution < 1.29 is 9.90 Å². The summed E-state index contributed by atoms with van der Waals surface area (Å²) in [6.45, 7) is 7.47. The second-order valence-electron chi connectivity index (χ2n) is 3.21. The summed E-state index contributed by atoms with van der Waals surface area (Å²) < 4.78 is 0. The average molecular weight is 225 g/mol. The van der Waals surface area contributed by atoms with Crippen LogP contribution in [0.15, 0.2) is 24.1 Å². The van der Waals surface area contributed by atoms with Gasteiger partial charge in [0.2, 0.25) is 0 Å². The number of hydrogen-bond donors (Lipinski definition) is 1. The summed E-state index contributed by atoms with van der Waals surface area (Å²) in [6, 6.07) is 1.71. The maximum Gasteiger partial charge on any atom is 0.345 e. The van der Waals surface area contributed by atoms with Gasteiger partial charge in [-0.1, -0.05) is 13.0 Å². The lowest BCUT2D eigenvalue weighted by atomic mass is 10.3. The molecule has 0 saturated heterocycles. The van der Waals surface area contributed by atoms with Crippen LogP contribution in [-0.2, 0) is 0 Å². The van der Waals surface area contributed by atoms with E-state index in [1.807, 2.05) is 11.5 Å². The summed E-state index contributed by atoms with van der Waals surface area (Å²) >= 11 is 1.26. The standard InChI is InChI=1S/C11H15NO2S/c1-3-5-12(6-4-2)9-7-10(11(13)14)15-8-9/h3,7-8H,1,4-6H2,2H3,(H,13,14). The largest absolute Gasteiger partial charge is 0.477 e. The van der Waals surface area contributed by atoms with E-state index in [1.54, 1.807) is 6.07 Å². The number of thiophene rings is 1. The monoisotopic (exact) mass is 225 g/mol. The van der Waals surface area contributed by atoms with Crippen LogP contribution in [0.3, 0.4) is 0 Å². The van der Waals surface area contributed by atoms with Crippen molar-refractivity contribution in [3.05, 3.63) is 29.0 Å². The molecule has 1 N–H and O–H groups in total. The van der Waals surface area contributed by atoms with Crippen LogP contribution in [0.1, 0.15) is 23.0 Å². The SMILES string of the molecule is C=CCN(CCC)c1csc(C(=O)O)c1. The molecule has 0 amide bonds. The van der Waals surface area contributed by atoms with Crippen LogP contribution in [0.2, 0.25) is 0 Å². The molecule has 0 saturated carbocycles. The summed E-state index contributed by atoms with van der Waals surface area (Å²) in [5.74, 6) is -0.860. The normalized spacial score (nSPS) is 9.93. The number of carbonyl (C=O) groups is 1. The first kappa shape index (κ1) is 11.8. The molecule has 0 fully saturated rings.